The first kappa shape index (κ1) is 12.9. The third-order valence-electron chi connectivity index (χ3n) is 2.01. The molecule has 0 rings (SSSR count). The lowest BCUT2D eigenvalue weighted by Gasteiger charge is -2.18. The van der Waals surface area contributed by atoms with E-state index in [0.717, 1.165) is 0 Å². The predicted octanol–water partition coefficient (Wildman–Crippen LogP) is -0.772. The zero-order valence-corrected chi connectivity index (χ0v) is 7.85. The Bertz CT molecular complexity index is 208. The van der Waals surface area contributed by atoms with Gasteiger partial charge in [-0.1, -0.05) is 0 Å². The second kappa shape index (κ2) is 6.33. The number of rotatable bonds is 7. The van der Waals surface area contributed by atoms with Crippen molar-refractivity contribution in [3.63, 3.8) is 0 Å². The van der Waals surface area contributed by atoms with Gasteiger partial charge in [-0.15, -0.1) is 0 Å². The largest absolute Gasteiger partial charge is 0.481 e. The molecule has 0 aromatic heterocycles. The van der Waals surface area contributed by atoms with Crippen molar-refractivity contribution in [1.29, 1.82) is 0 Å². The summed E-state index contributed by atoms with van der Waals surface area (Å²) >= 11 is 0. The zero-order chi connectivity index (χ0) is 11.1. The average molecular weight is 204 g/mol. The van der Waals surface area contributed by atoms with Crippen molar-refractivity contribution in [2.45, 2.75) is 25.3 Å². The molecule has 1 unspecified atom stereocenters. The summed E-state index contributed by atoms with van der Waals surface area (Å²) in [6, 6.07) is -1.13. The molecule has 0 amide bonds. The Labute approximate surface area is 81.9 Å². The van der Waals surface area contributed by atoms with Gasteiger partial charge in [-0.05, 0) is 25.3 Å². The standard InChI is InChI=1S/C8H16N2O4/c9-3-1-2-5(4-6(11)12)7(10)8(13)14/h5,7H,1-4,9-10H2,(H,11,12)(H,13,14)/t5?,7-/m0/s1. The number of aliphatic carboxylic acids is 2. The molecule has 82 valence electrons. The minimum atomic E-state index is -1.17. The van der Waals surface area contributed by atoms with Gasteiger partial charge < -0.3 is 21.7 Å². The van der Waals surface area contributed by atoms with Crippen LogP contribution in [-0.2, 0) is 9.59 Å². The van der Waals surface area contributed by atoms with E-state index in [0.29, 0.717) is 19.4 Å². The fourth-order valence-corrected chi connectivity index (χ4v) is 1.21. The maximum Gasteiger partial charge on any atom is 0.320 e. The van der Waals surface area contributed by atoms with Gasteiger partial charge in [0.15, 0.2) is 0 Å². The van der Waals surface area contributed by atoms with Gasteiger partial charge in [0.25, 0.3) is 0 Å². The van der Waals surface area contributed by atoms with Gasteiger partial charge in [0.05, 0.1) is 6.42 Å². The highest BCUT2D eigenvalue weighted by Gasteiger charge is 2.25. The molecular weight excluding hydrogens is 188 g/mol. The van der Waals surface area contributed by atoms with Crippen molar-refractivity contribution in [2.24, 2.45) is 17.4 Å². The molecule has 0 fully saturated rings. The first-order valence-corrected chi connectivity index (χ1v) is 4.39. The molecular formula is C8H16N2O4. The molecule has 2 atom stereocenters. The van der Waals surface area contributed by atoms with Gasteiger partial charge in [-0.3, -0.25) is 9.59 Å². The van der Waals surface area contributed by atoms with Crippen molar-refractivity contribution in [1.82, 2.24) is 0 Å². The molecule has 6 nitrogen and oxygen atoms in total. The van der Waals surface area contributed by atoms with E-state index >= 15 is 0 Å². The molecule has 0 bridgehead atoms. The van der Waals surface area contributed by atoms with Crippen molar-refractivity contribution in [3.05, 3.63) is 0 Å². The summed E-state index contributed by atoms with van der Waals surface area (Å²) in [6.07, 6.45) is 0.780. The smallest absolute Gasteiger partial charge is 0.320 e. The SMILES string of the molecule is NCCCC(CC(=O)O)[C@H](N)C(=O)O. The van der Waals surface area contributed by atoms with Crippen LogP contribution in [0.1, 0.15) is 19.3 Å². The van der Waals surface area contributed by atoms with E-state index in [4.69, 9.17) is 21.7 Å². The Morgan fingerprint density at radius 3 is 2.21 bits per heavy atom. The molecule has 0 aliphatic carbocycles. The van der Waals surface area contributed by atoms with Gasteiger partial charge in [0, 0.05) is 0 Å². The fourth-order valence-electron chi connectivity index (χ4n) is 1.21. The van der Waals surface area contributed by atoms with Crippen molar-refractivity contribution >= 4 is 11.9 Å². The molecule has 0 heterocycles. The number of carboxylic acid groups (broad SMARTS) is 2. The molecule has 0 radical (unpaired) electrons. The van der Waals surface area contributed by atoms with Crippen LogP contribution in [0.25, 0.3) is 0 Å². The number of carbonyl (C=O) groups is 2. The van der Waals surface area contributed by atoms with Crippen LogP contribution >= 0.6 is 0 Å². The molecule has 0 aromatic carbocycles. The molecule has 6 N–H and O–H groups in total. The van der Waals surface area contributed by atoms with E-state index in [1.165, 1.54) is 0 Å². The molecule has 0 spiro atoms. The van der Waals surface area contributed by atoms with Crippen molar-refractivity contribution in [3.8, 4) is 0 Å². The molecule has 0 saturated carbocycles. The third kappa shape index (κ3) is 4.78. The summed E-state index contributed by atoms with van der Waals surface area (Å²) in [5, 5.41) is 17.1. The summed E-state index contributed by atoms with van der Waals surface area (Å²) < 4.78 is 0. The van der Waals surface area contributed by atoms with Crippen LogP contribution in [0.2, 0.25) is 0 Å². The zero-order valence-electron chi connectivity index (χ0n) is 7.85. The highest BCUT2D eigenvalue weighted by molar-refractivity contribution is 5.75. The second-order valence-corrected chi connectivity index (χ2v) is 3.15. The highest BCUT2D eigenvalue weighted by Crippen LogP contribution is 2.14. The lowest BCUT2D eigenvalue weighted by atomic mass is 9.92. The molecule has 0 aliphatic heterocycles. The second-order valence-electron chi connectivity index (χ2n) is 3.15. The van der Waals surface area contributed by atoms with Crippen LogP contribution in [0.4, 0.5) is 0 Å². The van der Waals surface area contributed by atoms with E-state index in [2.05, 4.69) is 0 Å². The van der Waals surface area contributed by atoms with Crippen LogP contribution < -0.4 is 11.5 Å². The number of carboxylic acids is 2. The minimum absolute atomic E-state index is 0.229. The third-order valence-corrected chi connectivity index (χ3v) is 2.01. The van der Waals surface area contributed by atoms with E-state index in [1.54, 1.807) is 0 Å². The Morgan fingerprint density at radius 1 is 1.29 bits per heavy atom. The van der Waals surface area contributed by atoms with Gasteiger partial charge in [-0.25, -0.2) is 0 Å². The monoisotopic (exact) mass is 204 g/mol. The van der Waals surface area contributed by atoms with Crippen LogP contribution in [0, 0.1) is 5.92 Å². The van der Waals surface area contributed by atoms with E-state index < -0.39 is 23.9 Å². The van der Waals surface area contributed by atoms with Gasteiger partial charge in [0.2, 0.25) is 0 Å². The lowest BCUT2D eigenvalue weighted by Crippen LogP contribution is -2.39. The lowest BCUT2D eigenvalue weighted by molar-refractivity contribution is -0.142. The van der Waals surface area contributed by atoms with Crippen molar-refractivity contribution < 1.29 is 19.8 Å². The Hall–Kier alpha value is -1.14. The first-order chi connectivity index (χ1) is 6.49. The van der Waals surface area contributed by atoms with Gasteiger partial charge in [0.1, 0.15) is 6.04 Å². The van der Waals surface area contributed by atoms with Crippen LogP contribution in [0.15, 0.2) is 0 Å². The van der Waals surface area contributed by atoms with E-state index in [-0.39, 0.29) is 6.42 Å². The highest BCUT2D eigenvalue weighted by atomic mass is 16.4. The van der Waals surface area contributed by atoms with Crippen LogP contribution in [0.5, 0.6) is 0 Å². The summed E-state index contributed by atoms with van der Waals surface area (Å²) in [5.74, 6) is -2.76. The first-order valence-electron chi connectivity index (χ1n) is 4.39. The molecule has 14 heavy (non-hydrogen) atoms. The number of hydrogen-bond acceptors (Lipinski definition) is 4. The molecule has 6 heteroatoms. The normalized spacial score (nSPS) is 14.7. The fraction of sp³-hybridized carbons (Fsp3) is 0.750. The quantitative estimate of drug-likeness (QED) is 0.431. The van der Waals surface area contributed by atoms with Crippen LogP contribution in [-0.4, -0.2) is 34.7 Å². The molecule has 0 aliphatic rings. The molecule has 0 saturated heterocycles. The average Bonchev–Trinajstić information content (AvgIpc) is 2.10. The Morgan fingerprint density at radius 2 is 1.86 bits per heavy atom. The Balaban J connectivity index is 4.22. The summed E-state index contributed by atoms with van der Waals surface area (Å²) in [5.41, 5.74) is 10.6. The van der Waals surface area contributed by atoms with Crippen LogP contribution in [0.3, 0.4) is 0 Å². The topological polar surface area (TPSA) is 127 Å². The predicted molar refractivity (Wildman–Crippen MR) is 49.6 cm³/mol. The van der Waals surface area contributed by atoms with Crippen molar-refractivity contribution in [2.75, 3.05) is 6.54 Å². The Kier molecular flexibility index (Phi) is 5.82. The maximum atomic E-state index is 10.5. The number of hydrogen-bond donors (Lipinski definition) is 4. The van der Waals surface area contributed by atoms with E-state index in [9.17, 15) is 9.59 Å². The van der Waals surface area contributed by atoms with E-state index in [1.807, 2.05) is 0 Å². The minimum Gasteiger partial charge on any atom is -0.481 e. The summed E-state index contributed by atoms with van der Waals surface area (Å²) in [7, 11) is 0. The van der Waals surface area contributed by atoms with Gasteiger partial charge >= 0.3 is 11.9 Å². The molecule has 0 aromatic rings. The summed E-state index contributed by atoms with van der Waals surface area (Å²) in [6.45, 7) is 0.405. The van der Waals surface area contributed by atoms with Gasteiger partial charge in [-0.2, -0.15) is 0 Å². The number of nitrogens with two attached hydrogens (primary N) is 2. The summed E-state index contributed by atoms with van der Waals surface area (Å²) in [4.78, 5) is 21.0. The maximum absolute atomic E-state index is 10.5.